The molecule has 0 aliphatic carbocycles. The molecule has 2 aromatic carbocycles. The number of hydrazone groups is 1. The van der Waals surface area contributed by atoms with Crippen LogP contribution in [0.25, 0.3) is 0 Å². The zero-order chi connectivity index (χ0) is 20.6. The zero-order valence-corrected chi connectivity index (χ0v) is 16.8. The predicted molar refractivity (Wildman–Crippen MR) is 113 cm³/mol. The van der Waals surface area contributed by atoms with Crippen LogP contribution in [0.4, 0.5) is 5.69 Å². The first kappa shape index (κ1) is 20.7. The highest BCUT2D eigenvalue weighted by Crippen LogP contribution is 2.12. The molecule has 1 aliphatic heterocycles. The Labute approximate surface area is 170 Å². The first-order valence-corrected chi connectivity index (χ1v) is 9.63. The van der Waals surface area contributed by atoms with E-state index in [9.17, 15) is 9.59 Å². The summed E-state index contributed by atoms with van der Waals surface area (Å²) in [5, 5.41) is 6.92. The molecular formula is C22H26N4O3. The average Bonchev–Trinajstić information content (AvgIpc) is 2.73. The number of nitrogens with one attached hydrogen (secondary N) is 2. The monoisotopic (exact) mass is 394 g/mol. The highest BCUT2D eigenvalue weighted by molar-refractivity contribution is 6.02. The zero-order valence-electron chi connectivity index (χ0n) is 16.8. The highest BCUT2D eigenvalue weighted by Gasteiger charge is 2.11. The number of amides is 2. The quantitative estimate of drug-likeness (QED) is 0.583. The van der Waals surface area contributed by atoms with Gasteiger partial charge in [0.25, 0.3) is 5.91 Å². The molecule has 7 heteroatoms. The summed E-state index contributed by atoms with van der Waals surface area (Å²) in [4.78, 5) is 25.9. The summed E-state index contributed by atoms with van der Waals surface area (Å²) in [6.45, 7) is 7.52. The van der Waals surface area contributed by atoms with Crippen molar-refractivity contribution in [3.8, 4) is 0 Å². The molecule has 0 unspecified atom stereocenters. The van der Waals surface area contributed by atoms with Gasteiger partial charge in [-0.3, -0.25) is 14.5 Å². The summed E-state index contributed by atoms with van der Waals surface area (Å²) in [5.41, 5.74) is 6.46. The molecule has 3 rings (SSSR count). The largest absolute Gasteiger partial charge is 0.379 e. The molecule has 1 fully saturated rings. The Hall–Kier alpha value is -3.03. The van der Waals surface area contributed by atoms with Crippen molar-refractivity contribution in [3.63, 3.8) is 0 Å². The Morgan fingerprint density at radius 1 is 1.03 bits per heavy atom. The predicted octanol–water partition coefficient (Wildman–Crippen LogP) is 2.63. The number of hydrogen-bond donors (Lipinski definition) is 2. The molecule has 1 saturated heterocycles. The molecule has 2 amide bonds. The van der Waals surface area contributed by atoms with Gasteiger partial charge in [0.15, 0.2) is 0 Å². The molecule has 29 heavy (non-hydrogen) atoms. The number of morpholine rings is 1. The Kier molecular flexibility index (Phi) is 7.10. The van der Waals surface area contributed by atoms with Crippen LogP contribution in [0, 0.1) is 0 Å². The van der Waals surface area contributed by atoms with Gasteiger partial charge in [-0.05, 0) is 42.3 Å². The van der Waals surface area contributed by atoms with Crippen LogP contribution in [0.2, 0.25) is 0 Å². The van der Waals surface area contributed by atoms with E-state index in [1.807, 2.05) is 42.5 Å². The summed E-state index contributed by atoms with van der Waals surface area (Å²) in [6.07, 6.45) is 0. The van der Waals surface area contributed by atoms with Gasteiger partial charge in [-0.1, -0.05) is 24.3 Å². The molecule has 2 aromatic rings. The van der Waals surface area contributed by atoms with E-state index in [2.05, 4.69) is 20.7 Å². The fourth-order valence-electron chi connectivity index (χ4n) is 3.07. The Balaban J connectivity index is 1.58. The van der Waals surface area contributed by atoms with Gasteiger partial charge in [0.05, 0.1) is 18.9 Å². The highest BCUT2D eigenvalue weighted by atomic mass is 16.5. The van der Waals surface area contributed by atoms with Gasteiger partial charge >= 0.3 is 0 Å². The number of carbonyl (C=O) groups excluding carboxylic acids is 2. The van der Waals surface area contributed by atoms with Gasteiger partial charge in [-0.2, -0.15) is 5.10 Å². The second-order valence-corrected chi connectivity index (χ2v) is 6.99. The lowest BCUT2D eigenvalue weighted by Gasteiger charge is -2.26. The molecule has 0 bridgehead atoms. The lowest BCUT2D eigenvalue weighted by molar-refractivity contribution is -0.114. The number of rotatable bonds is 6. The van der Waals surface area contributed by atoms with Crippen LogP contribution >= 0.6 is 0 Å². The van der Waals surface area contributed by atoms with Crippen LogP contribution < -0.4 is 10.7 Å². The number of nitrogens with zero attached hydrogens (tertiary/aromatic N) is 2. The summed E-state index contributed by atoms with van der Waals surface area (Å²) in [6, 6.07) is 14.9. The summed E-state index contributed by atoms with van der Waals surface area (Å²) in [7, 11) is 0. The molecule has 152 valence electrons. The van der Waals surface area contributed by atoms with E-state index in [0.717, 1.165) is 44.0 Å². The Bertz CT molecular complexity index is 887. The van der Waals surface area contributed by atoms with Crippen molar-refractivity contribution >= 4 is 23.2 Å². The molecule has 0 aromatic heterocycles. The minimum absolute atomic E-state index is 0.137. The van der Waals surface area contributed by atoms with Crippen molar-refractivity contribution < 1.29 is 14.3 Å². The molecule has 7 nitrogen and oxygen atoms in total. The van der Waals surface area contributed by atoms with Crippen LogP contribution in [-0.4, -0.2) is 48.7 Å². The van der Waals surface area contributed by atoms with Crippen molar-refractivity contribution in [2.75, 3.05) is 31.6 Å². The van der Waals surface area contributed by atoms with Crippen molar-refractivity contribution in [1.82, 2.24) is 10.3 Å². The fourth-order valence-corrected chi connectivity index (χ4v) is 3.07. The van der Waals surface area contributed by atoms with Gasteiger partial charge in [-0.25, -0.2) is 5.43 Å². The van der Waals surface area contributed by atoms with E-state index >= 15 is 0 Å². The van der Waals surface area contributed by atoms with Crippen molar-refractivity contribution in [2.45, 2.75) is 20.4 Å². The molecule has 0 spiro atoms. The maximum Gasteiger partial charge on any atom is 0.271 e. The normalized spacial score (nSPS) is 15.0. The van der Waals surface area contributed by atoms with Gasteiger partial charge < -0.3 is 10.1 Å². The fraction of sp³-hybridized carbons (Fsp3) is 0.318. The first-order valence-electron chi connectivity index (χ1n) is 9.63. The molecule has 0 saturated carbocycles. The van der Waals surface area contributed by atoms with E-state index in [1.54, 1.807) is 13.0 Å². The van der Waals surface area contributed by atoms with Crippen molar-refractivity contribution in [2.24, 2.45) is 5.10 Å². The van der Waals surface area contributed by atoms with E-state index in [1.165, 1.54) is 6.92 Å². The number of carbonyl (C=O) groups is 2. The molecule has 2 N–H and O–H groups in total. The SMILES string of the molecule is CC(=O)Nc1cccc(/C(C)=N\NC(=O)c2ccc(CN3CCOCC3)cc2)c1. The molecule has 1 heterocycles. The maximum atomic E-state index is 12.4. The number of benzene rings is 2. The maximum absolute atomic E-state index is 12.4. The van der Waals surface area contributed by atoms with E-state index < -0.39 is 0 Å². The molecule has 1 aliphatic rings. The van der Waals surface area contributed by atoms with Crippen LogP contribution in [-0.2, 0) is 16.1 Å². The van der Waals surface area contributed by atoms with Crippen LogP contribution in [0.15, 0.2) is 53.6 Å². The van der Waals surface area contributed by atoms with E-state index in [-0.39, 0.29) is 11.8 Å². The minimum atomic E-state index is -0.264. The summed E-state index contributed by atoms with van der Waals surface area (Å²) >= 11 is 0. The standard InChI is InChI=1S/C22H26N4O3/c1-16(20-4-3-5-21(14-20)23-17(2)27)24-25-22(28)19-8-6-18(7-9-19)15-26-10-12-29-13-11-26/h3-9,14H,10-13,15H2,1-2H3,(H,23,27)(H,25,28)/b24-16-. The number of hydrogen-bond acceptors (Lipinski definition) is 5. The average molecular weight is 394 g/mol. The van der Waals surface area contributed by atoms with Gasteiger partial charge in [0, 0.05) is 37.8 Å². The number of anilines is 1. The first-order chi connectivity index (χ1) is 14.0. The van der Waals surface area contributed by atoms with E-state index in [0.29, 0.717) is 17.0 Å². The number of ether oxygens (including phenoxy) is 1. The van der Waals surface area contributed by atoms with E-state index in [4.69, 9.17) is 4.74 Å². The third-order valence-corrected chi connectivity index (χ3v) is 4.65. The molecular weight excluding hydrogens is 368 g/mol. The summed E-state index contributed by atoms with van der Waals surface area (Å²) < 4.78 is 5.36. The van der Waals surface area contributed by atoms with Gasteiger partial charge in [-0.15, -0.1) is 0 Å². The smallest absolute Gasteiger partial charge is 0.271 e. The third-order valence-electron chi connectivity index (χ3n) is 4.65. The second-order valence-electron chi connectivity index (χ2n) is 6.99. The third kappa shape index (κ3) is 6.23. The summed E-state index contributed by atoms with van der Waals surface area (Å²) in [5.74, 6) is -0.401. The van der Waals surface area contributed by atoms with Crippen molar-refractivity contribution in [1.29, 1.82) is 0 Å². The molecule has 0 atom stereocenters. The Morgan fingerprint density at radius 3 is 2.45 bits per heavy atom. The van der Waals surface area contributed by atoms with Crippen LogP contribution in [0.3, 0.4) is 0 Å². The lowest BCUT2D eigenvalue weighted by Crippen LogP contribution is -2.35. The second kappa shape index (κ2) is 9.95. The topological polar surface area (TPSA) is 83.0 Å². The van der Waals surface area contributed by atoms with Gasteiger partial charge in [0.1, 0.15) is 0 Å². The Morgan fingerprint density at radius 2 is 1.76 bits per heavy atom. The minimum Gasteiger partial charge on any atom is -0.379 e. The lowest BCUT2D eigenvalue weighted by atomic mass is 10.1. The van der Waals surface area contributed by atoms with Gasteiger partial charge in [0.2, 0.25) is 5.91 Å². The molecule has 0 radical (unpaired) electrons. The van der Waals surface area contributed by atoms with Crippen molar-refractivity contribution in [3.05, 3.63) is 65.2 Å². The van der Waals surface area contributed by atoms with Crippen LogP contribution in [0.1, 0.15) is 35.3 Å². The van der Waals surface area contributed by atoms with Crippen LogP contribution in [0.5, 0.6) is 0 Å².